The van der Waals surface area contributed by atoms with Gasteiger partial charge in [0.2, 0.25) is 0 Å². The van der Waals surface area contributed by atoms with Gasteiger partial charge in [-0.2, -0.15) is 0 Å². The summed E-state index contributed by atoms with van der Waals surface area (Å²) < 4.78 is 5.78. The number of hydrogen-bond acceptors (Lipinski definition) is 4. The summed E-state index contributed by atoms with van der Waals surface area (Å²) in [6.07, 6.45) is 0. The number of hydrogen-bond donors (Lipinski definition) is 0. The van der Waals surface area contributed by atoms with Crippen LogP contribution < -0.4 is 4.90 Å². The van der Waals surface area contributed by atoms with Crippen molar-refractivity contribution in [3.63, 3.8) is 0 Å². The van der Waals surface area contributed by atoms with Crippen molar-refractivity contribution in [3.8, 4) is 0 Å². The summed E-state index contributed by atoms with van der Waals surface area (Å²) in [5.74, 6) is 0. The second kappa shape index (κ2) is 4.22. The molecule has 1 aromatic carbocycles. The Labute approximate surface area is 127 Å². The van der Waals surface area contributed by atoms with Crippen molar-refractivity contribution in [2.45, 2.75) is 32.9 Å². The minimum Gasteiger partial charge on any atom is -0.457 e. The van der Waals surface area contributed by atoms with Crippen LogP contribution in [0.4, 0.5) is 11.4 Å². The number of anilines is 1. The Bertz CT molecular complexity index is 844. The highest BCUT2D eigenvalue weighted by atomic mass is 16.6. The van der Waals surface area contributed by atoms with Crippen LogP contribution in [0.2, 0.25) is 0 Å². The summed E-state index contributed by atoms with van der Waals surface area (Å²) in [5, 5.41) is 10.9. The molecule has 2 unspecified atom stereocenters. The first-order chi connectivity index (χ1) is 10.5. The summed E-state index contributed by atoms with van der Waals surface area (Å²) in [7, 11) is 0. The number of nitrogens with zero attached hydrogens (tertiary/aromatic N) is 2. The minimum absolute atomic E-state index is 0.134. The van der Waals surface area contributed by atoms with Gasteiger partial charge in [-0.1, -0.05) is 0 Å². The molecule has 112 valence electrons. The monoisotopic (exact) mass is 296 g/mol. The number of aryl methyl sites for hydroxylation is 1. The van der Waals surface area contributed by atoms with Gasteiger partial charge in [0.15, 0.2) is 0 Å². The number of fused-ring (bicyclic) bond motifs is 5. The van der Waals surface area contributed by atoms with E-state index >= 15 is 0 Å². The van der Waals surface area contributed by atoms with Gasteiger partial charge in [0.25, 0.3) is 5.69 Å². The van der Waals surface area contributed by atoms with Crippen LogP contribution >= 0.6 is 0 Å². The van der Waals surface area contributed by atoms with Crippen LogP contribution in [0.25, 0.3) is 11.2 Å². The van der Waals surface area contributed by atoms with Crippen molar-refractivity contribution in [2.75, 3.05) is 4.90 Å². The molecule has 0 saturated heterocycles. The largest absolute Gasteiger partial charge is 0.457 e. The highest BCUT2D eigenvalue weighted by Crippen LogP contribution is 2.51. The number of furan rings is 2. The van der Waals surface area contributed by atoms with Crippen molar-refractivity contribution in [1.82, 2.24) is 0 Å². The predicted octanol–water partition coefficient (Wildman–Crippen LogP) is 4.73. The maximum atomic E-state index is 10.9. The van der Waals surface area contributed by atoms with Gasteiger partial charge in [0, 0.05) is 28.9 Å². The van der Waals surface area contributed by atoms with E-state index in [1.807, 2.05) is 25.1 Å². The molecule has 0 amide bonds. The zero-order chi connectivity index (χ0) is 15.6. The third kappa shape index (κ3) is 1.53. The molecule has 0 fully saturated rings. The van der Waals surface area contributed by atoms with Gasteiger partial charge in [0.05, 0.1) is 17.0 Å². The summed E-state index contributed by atoms with van der Waals surface area (Å²) in [6, 6.07) is 9.50. The molecule has 1 aliphatic rings. The fourth-order valence-electron chi connectivity index (χ4n) is 3.83. The lowest BCUT2D eigenvalue weighted by atomic mass is 10.0. The Morgan fingerprint density at radius 2 is 1.68 bits per heavy atom. The molecule has 3 heterocycles. The van der Waals surface area contributed by atoms with Crippen LogP contribution in [0.3, 0.4) is 0 Å². The maximum Gasteiger partial charge on any atom is 0.269 e. The normalized spacial score (nSPS) is 20.8. The van der Waals surface area contributed by atoms with Gasteiger partial charge in [0.1, 0.15) is 11.2 Å². The van der Waals surface area contributed by atoms with Crippen LogP contribution in [0.15, 0.2) is 34.7 Å². The Balaban J connectivity index is 1.81. The molecule has 2 aromatic heterocycles. The van der Waals surface area contributed by atoms with Crippen molar-refractivity contribution in [1.29, 1.82) is 0 Å². The Morgan fingerprint density at radius 1 is 1.09 bits per heavy atom. The van der Waals surface area contributed by atoms with Gasteiger partial charge in [-0.3, -0.25) is 10.1 Å². The molecule has 5 heteroatoms. The van der Waals surface area contributed by atoms with Crippen LogP contribution in [0.5, 0.6) is 0 Å². The van der Waals surface area contributed by atoms with E-state index in [-0.39, 0.29) is 22.7 Å². The highest BCUT2D eigenvalue weighted by molar-refractivity contribution is 5.79. The molecular formula is C17H16N2O3. The lowest BCUT2D eigenvalue weighted by molar-refractivity contribution is -0.384. The SMILES string of the molecule is Cc1cc([N+](=O)[O-])ccc1N1C(C)c2c(c3ccc2o3)C1C. The van der Waals surface area contributed by atoms with Crippen molar-refractivity contribution in [3.05, 3.63) is 57.1 Å². The van der Waals surface area contributed by atoms with E-state index in [9.17, 15) is 10.1 Å². The van der Waals surface area contributed by atoms with Gasteiger partial charge in [-0.25, -0.2) is 0 Å². The number of non-ortho nitro benzene ring substituents is 1. The topological polar surface area (TPSA) is 59.5 Å². The zero-order valence-corrected chi connectivity index (χ0v) is 12.7. The molecule has 0 spiro atoms. The van der Waals surface area contributed by atoms with Gasteiger partial charge in [-0.15, -0.1) is 0 Å². The molecule has 22 heavy (non-hydrogen) atoms. The van der Waals surface area contributed by atoms with E-state index in [1.165, 1.54) is 11.1 Å². The molecule has 3 aromatic rings. The number of rotatable bonds is 2. The second-order valence-electron chi connectivity index (χ2n) is 5.98. The molecule has 4 rings (SSSR count). The fourth-order valence-corrected chi connectivity index (χ4v) is 3.83. The fraction of sp³-hybridized carbons (Fsp3) is 0.294. The highest BCUT2D eigenvalue weighted by Gasteiger charge is 2.39. The average molecular weight is 296 g/mol. The third-order valence-electron chi connectivity index (χ3n) is 4.77. The smallest absolute Gasteiger partial charge is 0.269 e. The number of benzene rings is 2. The molecule has 0 radical (unpaired) electrons. The molecule has 2 atom stereocenters. The Morgan fingerprint density at radius 3 is 2.18 bits per heavy atom. The number of nitro groups is 1. The quantitative estimate of drug-likeness (QED) is 0.506. The molecule has 0 saturated carbocycles. The predicted molar refractivity (Wildman–Crippen MR) is 84.5 cm³/mol. The number of nitro benzene ring substituents is 1. The second-order valence-corrected chi connectivity index (χ2v) is 5.98. The first kappa shape index (κ1) is 13.1. The third-order valence-corrected chi connectivity index (χ3v) is 4.77. The summed E-state index contributed by atoms with van der Waals surface area (Å²) in [5.41, 5.74) is 6.50. The van der Waals surface area contributed by atoms with Crippen molar-refractivity contribution < 1.29 is 9.34 Å². The molecule has 0 N–H and O–H groups in total. The van der Waals surface area contributed by atoms with Gasteiger partial charge < -0.3 is 9.32 Å². The molecular weight excluding hydrogens is 280 g/mol. The Hall–Kier alpha value is -2.56. The van der Waals surface area contributed by atoms with Crippen LogP contribution in [0, 0.1) is 17.0 Å². The Kier molecular flexibility index (Phi) is 2.52. The van der Waals surface area contributed by atoms with E-state index < -0.39 is 0 Å². The lowest BCUT2D eigenvalue weighted by Crippen LogP contribution is -2.23. The van der Waals surface area contributed by atoms with Gasteiger partial charge in [-0.05, 0) is 44.5 Å². The first-order valence-electron chi connectivity index (χ1n) is 7.37. The van der Waals surface area contributed by atoms with Crippen LogP contribution in [-0.4, -0.2) is 4.92 Å². The molecule has 5 nitrogen and oxygen atoms in total. The summed E-state index contributed by atoms with van der Waals surface area (Å²) in [4.78, 5) is 12.9. The standard InChI is InChI=1S/C17H16N2O3/c1-9-8-12(19(20)21)4-5-13(9)18-10(2)16-14-6-7-15(22-14)17(16)11(18)3/h4-8,10-11H,1-3H3. The summed E-state index contributed by atoms with van der Waals surface area (Å²) in [6.45, 7) is 6.24. The molecule has 1 aliphatic heterocycles. The first-order valence-corrected chi connectivity index (χ1v) is 7.37. The van der Waals surface area contributed by atoms with E-state index in [0.29, 0.717) is 0 Å². The zero-order valence-electron chi connectivity index (χ0n) is 12.7. The van der Waals surface area contributed by atoms with Crippen molar-refractivity contribution in [2.24, 2.45) is 0 Å². The molecule has 0 aliphatic carbocycles. The van der Waals surface area contributed by atoms with E-state index in [2.05, 4.69) is 18.7 Å². The minimum atomic E-state index is -0.352. The average Bonchev–Trinajstić information content (AvgIpc) is 3.14. The van der Waals surface area contributed by atoms with Crippen LogP contribution in [0.1, 0.15) is 42.6 Å². The van der Waals surface area contributed by atoms with E-state index in [4.69, 9.17) is 4.42 Å². The van der Waals surface area contributed by atoms with Crippen LogP contribution in [-0.2, 0) is 0 Å². The summed E-state index contributed by atoms with van der Waals surface area (Å²) >= 11 is 0. The van der Waals surface area contributed by atoms with Crippen molar-refractivity contribution >= 4 is 22.5 Å². The molecule has 2 bridgehead atoms. The maximum absolute atomic E-state index is 10.9. The van der Waals surface area contributed by atoms with Gasteiger partial charge >= 0.3 is 0 Å². The van der Waals surface area contributed by atoms with E-state index in [1.54, 1.807) is 12.1 Å². The van der Waals surface area contributed by atoms with E-state index in [0.717, 1.165) is 22.4 Å². The lowest BCUT2D eigenvalue weighted by Gasteiger charge is -2.30.